The Balaban J connectivity index is 2.01. The largest absolute Gasteiger partial charge is 0.0761 e. The third-order valence-electron chi connectivity index (χ3n) is 5.14. The number of allylic oxidation sites excluding steroid dienone is 4. The highest BCUT2D eigenvalue weighted by Gasteiger charge is 2.36. The molecule has 23 heavy (non-hydrogen) atoms. The summed E-state index contributed by atoms with van der Waals surface area (Å²) in [5, 5.41) is 0. The van der Waals surface area contributed by atoms with E-state index in [9.17, 15) is 0 Å². The van der Waals surface area contributed by atoms with Crippen LogP contribution in [0.1, 0.15) is 44.2 Å². The molecule has 0 bridgehead atoms. The highest BCUT2D eigenvalue weighted by molar-refractivity contribution is 5.45. The molecule has 3 rings (SSSR count). The zero-order valence-corrected chi connectivity index (χ0v) is 14.2. The summed E-state index contributed by atoms with van der Waals surface area (Å²) < 4.78 is 0. The molecule has 0 spiro atoms. The average molecular weight is 302 g/mol. The van der Waals surface area contributed by atoms with E-state index in [1.807, 2.05) is 0 Å². The van der Waals surface area contributed by atoms with E-state index in [4.69, 9.17) is 0 Å². The SMILES string of the molecule is CCCCC1=CC(C(C)(c2ccccc2)c2ccccc2)C=C1. The summed E-state index contributed by atoms with van der Waals surface area (Å²) in [7, 11) is 0. The molecule has 1 aliphatic carbocycles. The van der Waals surface area contributed by atoms with E-state index in [2.05, 4.69) is 92.7 Å². The maximum atomic E-state index is 2.48. The van der Waals surface area contributed by atoms with E-state index in [-0.39, 0.29) is 5.41 Å². The topological polar surface area (TPSA) is 0 Å². The molecule has 0 radical (unpaired) electrons. The van der Waals surface area contributed by atoms with Crippen LogP contribution in [0.5, 0.6) is 0 Å². The predicted octanol–water partition coefficient (Wildman–Crippen LogP) is 6.30. The van der Waals surface area contributed by atoms with Crippen LogP contribution < -0.4 is 0 Å². The van der Waals surface area contributed by atoms with Crippen LogP contribution in [0.3, 0.4) is 0 Å². The van der Waals surface area contributed by atoms with Gasteiger partial charge in [0.05, 0.1) is 0 Å². The standard InChI is InChI=1S/C23H26/c1-3-4-11-19-16-17-22(18-19)23(2,20-12-7-5-8-13-20)21-14-9-6-10-15-21/h5-10,12-18,22H,3-4,11H2,1-2H3. The van der Waals surface area contributed by atoms with Crippen LogP contribution in [0.4, 0.5) is 0 Å². The molecule has 0 heterocycles. The van der Waals surface area contributed by atoms with Gasteiger partial charge in [0.25, 0.3) is 0 Å². The number of hydrogen-bond acceptors (Lipinski definition) is 0. The van der Waals surface area contributed by atoms with Gasteiger partial charge in [0, 0.05) is 11.3 Å². The van der Waals surface area contributed by atoms with E-state index >= 15 is 0 Å². The zero-order chi connectivity index (χ0) is 16.1. The second-order valence-corrected chi connectivity index (χ2v) is 6.66. The fourth-order valence-corrected chi connectivity index (χ4v) is 3.60. The molecule has 0 aliphatic heterocycles. The predicted molar refractivity (Wildman–Crippen MR) is 99.6 cm³/mol. The zero-order valence-electron chi connectivity index (χ0n) is 14.2. The van der Waals surface area contributed by atoms with Crippen molar-refractivity contribution in [3.8, 4) is 0 Å². The lowest BCUT2D eigenvalue weighted by atomic mass is 9.67. The lowest BCUT2D eigenvalue weighted by molar-refractivity contribution is 0.487. The van der Waals surface area contributed by atoms with Gasteiger partial charge in [-0.3, -0.25) is 0 Å². The number of benzene rings is 2. The summed E-state index contributed by atoms with van der Waals surface area (Å²) in [5.74, 6) is 0.416. The van der Waals surface area contributed by atoms with Gasteiger partial charge in [-0.1, -0.05) is 105 Å². The van der Waals surface area contributed by atoms with Crippen LogP contribution >= 0.6 is 0 Å². The highest BCUT2D eigenvalue weighted by atomic mass is 14.4. The summed E-state index contributed by atoms with van der Waals surface area (Å²) in [4.78, 5) is 0. The Morgan fingerprint density at radius 3 is 1.96 bits per heavy atom. The first kappa shape index (κ1) is 15.8. The third-order valence-corrected chi connectivity index (χ3v) is 5.14. The second kappa shape index (κ2) is 7.00. The molecule has 0 saturated heterocycles. The smallest absolute Gasteiger partial charge is 0.0272 e. The highest BCUT2D eigenvalue weighted by Crippen LogP contribution is 2.43. The molecule has 0 fully saturated rings. The van der Waals surface area contributed by atoms with E-state index < -0.39 is 0 Å². The molecule has 118 valence electrons. The molecule has 2 aromatic carbocycles. The van der Waals surface area contributed by atoms with Crippen LogP contribution in [0.25, 0.3) is 0 Å². The molecule has 0 N–H and O–H groups in total. The second-order valence-electron chi connectivity index (χ2n) is 6.66. The monoisotopic (exact) mass is 302 g/mol. The van der Waals surface area contributed by atoms with Gasteiger partial charge in [0.2, 0.25) is 0 Å². The Bertz CT molecular complexity index is 637. The Morgan fingerprint density at radius 1 is 0.870 bits per heavy atom. The first-order valence-corrected chi connectivity index (χ1v) is 8.75. The molecular formula is C23H26. The molecule has 1 atom stereocenters. The minimum absolute atomic E-state index is 0.0208. The maximum Gasteiger partial charge on any atom is 0.0272 e. The normalized spacial score (nSPS) is 17.3. The molecular weight excluding hydrogens is 276 g/mol. The lowest BCUT2D eigenvalue weighted by Crippen LogP contribution is -2.30. The summed E-state index contributed by atoms with van der Waals surface area (Å²) in [6.45, 7) is 4.64. The fourth-order valence-electron chi connectivity index (χ4n) is 3.60. The van der Waals surface area contributed by atoms with Crippen LogP contribution in [-0.2, 0) is 5.41 Å². The van der Waals surface area contributed by atoms with Crippen molar-refractivity contribution >= 4 is 0 Å². The first-order chi connectivity index (χ1) is 11.2. The van der Waals surface area contributed by atoms with Gasteiger partial charge in [0.1, 0.15) is 0 Å². The van der Waals surface area contributed by atoms with Crippen molar-refractivity contribution in [2.75, 3.05) is 0 Å². The van der Waals surface area contributed by atoms with Gasteiger partial charge in [0.15, 0.2) is 0 Å². The maximum absolute atomic E-state index is 2.48. The molecule has 0 heteroatoms. The van der Waals surface area contributed by atoms with Crippen LogP contribution in [0.2, 0.25) is 0 Å². The molecule has 0 nitrogen and oxygen atoms in total. The van der Waals surface area contributed by atoms with Gasteiger partial charge < -0.3 is 0 Å². The minimum Gasteiger partial charge on any atom is -0.0761 e. The lowest BCUT2D eigenvalue weighted by Gasteiger charge is -2.35. The van der Waals surface area contributed by atoms with Crippen molar-refractivity contribution in [2.45, 2.75) is 38.5 Å². The quantitative estimate of drug-likeness (QED) is 0.587. The Morgan fingerprint density at radius 2 is 1.43 bits per heavy atom. The van der Waals surface area contributed by atoms with Gasteiger partial charge in [-0.2, -0.15) is 0 Å². The molecule has 0 amide bonds. The van der Waals surface area contributed by atoms with Crippen LogP contribution in [0, 0.1) is 5.92 Å². The Labute approximate surface area is 140 Å². The first-order valence-electron chi connectivity index (χ1n) is 8.75. The number of unbranched alkanes of at least 4 members (excludes halogenated alkanes) is 1. The van der Waals surface area contributed by atoms with Crippen molar-refractivity contribution in [3.05, 3.63) is 95.6 Å². The molecule has 0 aromatic heterocycles. The number of hydrogen-bond donors (Lipinski definition) is 0. The van der Waals surface area contributed by atoms with Crippen molar-refractivity contribution < 1.29 is 0 Å². The number of rotatable bonds is 6. The van der Waals surface area contributed by atoms with Gasteiger partial charge >= 0.3 is 0 Å². The summed E-state index contributed by atoms with van der Waals surface area (Å²) in [6, 6.07) is 21.8. The Kier molecular flexibility index (Phi) is 4.81. The fraction of sp³-hybridized carbons (Fsp3) is 0.304. The van der Waals surface area contributed by atoms with Gasteiger partial charge in [-0.05, 0) is 24.0 Å². The van der Waals surface area contributed by atoms with Crippen LogP contribution in [0.15, 0.2) is 84.5 Å². The van der Waals surface area contributed by atoms with Gasteiger partial charge in [-0.25, -0.2) is 0 Å². The van der Waals surface area contributed by atoms with E-state index in [1.165, 1.54) is 36.0 Å². The third kappa shape index (κ3) is 3.17. The minimum atomic E-state index is -0.0208. The van der Waals surface area contributed by atoms with Crippen LogP contribution in [-0.4, -0.2) is 0 Å². The summed E-state index contributed by atoms with van der Waals surface area (Å²) in [5.41, 5.74) is 4.24. The van der Waals surface area contributed by atoms with Crippen molar-refractivity contribution in [1.29, 1.82) is 0 Å². The van der Waals surface area contributed by atoms with Crippen molar-refractivity contribution in [1.82, 2.24) is 0 Å². The molecule has 0 saturated carbocycles. The van der Waals surface area contributed by atoms with Crippen molar-refractivity contribution in [2.24, 2.45) is 5.92 Å². The average Bonchev–Trinajstić information content (AvgIpc) is 3.10. The molecule has 2 aromatic rings. The summed E-state index contributed by atoms with van der Waals surface area (Å²) >= 11 is 0. The Hall–Kier alpha value is -2.08. The molecule has 1 aliphatic rings. The van der Waals surface area contributed by atoms with E-state index in [0.29, 0.717) is 5.92 Å². The summed E-state index contributed by atoms with van der Waals surface area (Å²) in [6.07, 6.45) is 10.9. The molecule has 1 unspecified atom stereocenters. The van der Waals surface area contributed by atoms with Crippen molar-refractivity contribution in [3.63, 3.8) is 0 Å². The van der Waals surface area contributed by atoms with Gasteiger partial charge in [-0.15, -0.1) is 0 Å². The van der Waals surface area contributed by atoms with E-state index in [0.717, 1.165) is 0 Å². The van der Waals surface area contributed by atoms with E-state index in [1.54, 1.807) is 0 Å².